The fraction of sp³-hybridized carbons (Fsp3) is 0.385. The molecule has 0 bridgehead atoms. The Bertz CT molecular complexity index is 702. The van der Waals surface area contributed by atoms with Crippen LogP contribution in [0.1, 0.15) is 12.8 Å². The maximum absolute atomic E-state index is 13.1. The van der Waals surface area contributed by atoms with Gasteiger partial charge in [-0.2, -0.15) is 4.98 Å². The van der Waals surface area contributed by atoms with Crippen molar-refractivity contribution in [1.82, 2.24) is 14.8 Å². The zero-order valence-corrected chi connectivity index (χ0v) is 13.4. The molecule has 9 heteroatoms. The second-order valence-electron chi connectivity index (χ2n) is 5.15. The molecule has 4 nitrogen and oxygen atoms in total. The number of benzene rings is 1. The standard InChI is InChI=1S/C13H10BrClF3N3O/c14-11-19-12(22-8-1-2-10(16)9(15)3-8)21(20-11)6-7-4-13(17,18)5-7/h1-3,7H,4-6H2. The van der Waals surface area contributed by atoms with Crippen LogP contribution in [0.5, 0.6) is 11.8 Å². The highest BCUT2D eigenvalue weighted by Crippen LogP contribution is 2.43. The van der Waals surface area contributed by atoms with Crippen molar-refractivity contribution in [3.8, 4) is 11.8 Å². The molecule has 118 valence electrons. The molecular formula is C13H10BrClF3N3O. The summed E-state index contributed by atoms with van der Waals surface area (Å²) in [6.07, 6.45) is -0.349. The third-order valence-corrected chi connectivity index (χ3v) is 3.94. The number of halogens is 5. The van der Waals surface area contributed by atoms with E-state index >= 15 is 0 Å². The topological polar surface area (TPSA) is 39.9 Å². The van der Waals surface area contributed by atoms with Gasteiger partial charge in [-0.05, 0) is 34.0 Å². The van der Waals surface area contributed by atoms with Crippen molar-refractivity contribution in [3.63, 3.8) is 0 Å². The highest BCUT2D eigenvalue weighted by Gasteiger charge is 2.45. The molecule has 0 N–H and O–H groups in total. The summed E-state index contributed by atoms with van der Waals surface area (Å²) < 4.78 is 46.1. The molecule has 0 saturated heterocycles. The Hall–Kier alpha value is -1.28. The molecule has 0 amide bonds. The summed E-state index contributed by atoms with van der Waals surface area (Å²) in [5, 5.41) is 3.98. The van der Waals surface area contributed by atoms with E-state index in [1.807, 2.05) is 0 Å². The van der Waals surface area contributed by atoms with E-state index < -0.39 is 11.7 Å². The summed E-state index contributed by atoms with van der Waals surface area (Å²) in [7, 11) is 0. The predicted molar refractivity (Wildman–Crippen MR) is 76.9 cm³/mol. The molecule has 0 radical (unpaired) electrons. The monoisotopic (exact) mass is 395 g/mol. The fourth-order valence-electron chi connectivity index (χ4n) is 2.30. The molecule has 1 heterocycles. The van der Waals surface area contributed by atoms with Crippen LogP contribution in [0.4, 0.5) is 13.2 Å². The quantitative estimate of drug-likeness (QED) is 0.754. The van der Waals surface area contributed by atoms with Crippen LogP contribution < -0.4 is 4.74 Å². The van der Waals surface area contributed by atoms with Crippen LogP contribution in [0.3, 0.4) is 0 Å². The molecule has 1 aromatic heterocycles. The lowest BCUT2D eigenvalue weighted by Gasteiger charge is -2.34. The number of rotatable bonds is 4. The van der Waals surface area contributed by atoms with Gasteiger partial charge in [-0.1, -0.05) is 11.6 Å². The van der Waals surface area contributed by atoms with Crippen LogP contribution in [0.15, 0.2) is 22.9 Å². The lowest BCUT2D eigenvalue weighted by atomic mass is 9.81. The van der Waals surface area contributed by atoms with Crippen LogP contribution in [0.2, 0.25) is 5.02 Å². The third kappa shape index (κ3) is 3.38. The van der Waals surface area contributed by atoms with Gasteiger partial charge >= 0.3 is 6.01 Å². The molecule has 0 atom stereocenters. The maximum Gasteiger partial charge on any atom is 0.321 e. The van der Waals surface area contributed by atoms with Gasteiger partial charge in [0.2, 0.25) is 10.7 Å². The highest BCUT2D eigenvalue weighted by atomic mass is 79.9. The van der Waals surface area contributed by atoms with E-state index in [0.29, 0.717) is 0 Å². The first-order valence-corrected chi connectivity index (χ1v) is 7.60. The number of aromatic nitrogens is 3. The van der Waals surface area contributed by atoms with Gasteiger partial charge in [0, 0.05) is 25.5 Å². The summed E-state index contributed by atoms with van der Waals surface area (Å²) in [5.74, 6) is -3.05. The average molecular weight is 397 g/mol. The highest BCUT2D eigenvalue weighted by molar-refractivity contribution is 9.10. The Kier molecular flexibility index (Phi) is 4.07. The van der Waals surface area contributed by atoms with E-state index in [1.54, 1.807) is 0 Å². The van der Waals surface area contributed by atoms with E-state index in [0.717, 1.165) is 0 Å². The van der Waals surface area contributed by atoms with E-state index in [1.165, 1.54) is 22.9 Å². The zero-order valence-electron chi connectivity index (χ0n) is 11.1. The molecular weight excluding hydrogens is 387 g/mol. The van der Waals surface area contributed by atoms with Gasteiger partial charge in [0.1, 0.15) is 11.6 Å². The maximum atomic E-state index is 13.1. The van der Waals surface area contributed by atoms with Crippen molar-refractivity contribution in [2.24, 2.45) is 5.92 Å². The van der Waals surface area contributed by atoms with Crippen molar-refractivity contribution < 1.29 is 17.9 Å². The van der Waals surface area contributed by atoms with Gasteiger partial charge < -0.3 is 4.74 Å². The predicted octanol–water partition coefficient (Wildman–Crippen LogP) is 4.67. The summed E-state index contributed by atoms with van der Waals surface area (Å²) in [4.78, 5) is 4.03. The smallest absolute Gasteiger partial charge is 0.321 e. The van der Waals surface area contributed by atoms with Crippen molar-refractivity contribution in [3.05, 3.63) is 33.8 Å². The van der Waals surface area contributed by atoms with Gasteiger partial charge in [-0.3, -0.25) is 0 Å². The van der Waals surface area contributed by atoms with E-state index in [2.05, 4.69) is 26.0 Å². The first-order valence-electron chi connectivity index (χ1n) is 6.43. The molecule has 2 aromatic rings. The molecule has 1 aromatic carbocycles. The Morgan fingerprint density at radius 3 is 2.77 bits per heavy atom. The lowest BCUT2D eigenvalue weighted by Crippen LogP contribution is -2.37. The molecule has 0 unspecified atom stereocenters. The molecule has 3 rings (SSSR count). The molecule has 1 fully saturated rings. The number of hydrogen-bond donors (Lipinski definition) is 0. The number of ether oxygens (including phenoxy) is 1. The molecule has 0 aliphatic heterocycles. The van der Waals surface area contributed by atoms with Gasteiger partial charge in [-0.25, -0.2) is 17.9 Å². The SMILES string of the molecule is Fc1ccc(Oc2nc(Br)nn2CC2CC(F)(F)C2)cc1Cl. The first-order chi connectivity index (χ1) is 10.3. The van der Waals surface area contributed by atoms with Crippen molar-refractivity contribution in [2.45, 2.75) is 25.3 Å². The summed E-state index contributed by atoms with van der Waals surface area (Å²) >= 11 is 8.80. The van der Waals surface area contributed by atoms with Crippen LogP contribution in [-0.2, 0) is 6.54 Å². The average Bonchev–Trinajstić information content (AvgIpc) is 2.72. The van der Waals surface area contributed by atoms with Gasteiger partial charge in [0.25, 0.3) is 0 Å². The van der Waals surface area contributed by atoms with Crippen LogP contribution >= 0.6 is 27.5 Å². The Morgan fingerprint density at radius 1 is 1.41 bits per heavy atom. The molecule has 1 saturated carbocycles. The number of hydrogen-bond acceptors (Lipinski definition) is 3. The van der Waals surface area contributed by atoms with E-state index in [-0.39, 0.29) is 46.8 Å². The van der Waals surface area contributed by atoms with Crippen LogP contribution in [0, 0.1) is 11.7 Å². The van der Waals surface area contributed by atoms with Crippen molar-refractivity contribution in [2.75, 3.05) is 0 Å². The van der Waals surface area contributed by atoms with E-state index in [4.69, 9.17) is 16.3 Å². The van der Waals surface area contributed by atoms with Gasteiger partial charge in [-0.15, -0.1) is 5.10 Å². The zero-order chi connectivity index (χ0) is 15.9. The minimum absolute atomic E-state index is 0.0822. The molecule has 22 heavy (non-hydrogen) atoms. The van der Waals surface area contributed by atoms with Crippen LogP contribution in [0.25, 0.3) is 0 Å². The molecule has 1 aliphatic carbocycles. The van der Waals surface area contributed by atoms with Crippen molar-refractivity contribution in [1.29, 1.82) is 0 Å². The van der Waals surface area contributed by atoms with Gasteiger partial charge in [0.15, 0.2) is 0 Å². The van der Waals surface area contributed by atoms with Gasteiger partial charge in [0.05, 0.1) is 5.02 Å². The summed E-state index contributed by atoms with van der Waals surface area (Å²) in [6.45, 7) is 0.276. The largest absolute Gasteiger partial charge is 0.424 e. The fourth-order valence-corrected chi connectivity index (χ4v) is 2.81. The molecule has 1 aliphatic rings. The summed E-state index contributed by atoms with van der Waals surface area (Å²) in [5.41, 5.74) is 0. The Morgan fingerprint density at radius 2 is 2.14 bits per heavy atom. The van der Waals surface area contributed by atoms with E-state index in [9.17, 15) is 13.2 Å². The Labute approximate surface area is 137 Å². The Balaban J connectivity index is 1.75. The number of alkyl halides is 2. The second kappa shape index (κ2) is 5.73. The second-order valence-corrected chi connectivity index (χ2v) is 6.27. The summed E-state index contributed by atoms with van der Waals surface area (Å²) in [6, 6.07) is 4.00. The number of nitrogens with zero attached hydrogens (tertiary/aromatic N) is 3. The van der Waals surface area contributed by atoms with Crippen LogP contribution in [-0.4, -0.2) is 20.7 Å². The van der Waals surface area contributed by atoms with Crippen molar-refractivity contribution >= 4 is 27.5 Å². The minimum atomic E-state index is -2.59. The molecule has 0 spiro atoms. The normalized spacial score (nSPS) is 17.3. The first kappa shape index (κ1) is 15.6. The lowest BCUT2D eigenvalue weighted by molar-refractivity contribution is -0.115. The minimum Gasteiger partial charge on any atom is -0.424 e. The third-order valence-electron chi connectivity index (χ3n) is 3.32.